The Morgan fingerprint density at radius 2 is 1.33 bits per heavy atom. The topological polar surface area (TPSA) is 63.1 Å². The third-order valence-electron chi connectivity index (χ3n) is 3.97. The van der Waals surface area contributed by atoms with Gasteiger partial charge in [0.05, 0.1) is 15.9 Å². The summed E-state index contributed by atoms with van der Waals surface area (Å²) in [6.07, 6.45) is 2.69. The summed E-state index contributed by atoms with van der Waals surface area (Å²) in [7, 11) is 0. The molecule has 1 unspecified atom stereocenters. The van der Waals surface area contributed by atoms with Crippen molar-refractivity contribution in [2.45, 2.75) is 20.0 Å². The second-order valence-electron chi connectivity index (χ2n) is 6.34. The molecule has 30 heavy (non-hydrogen) atoms. The van der Waals surface area contributed by atoms with Crippen LogP contribution < -0.4 is 0 Å². The summed E-state index contributed by atoms with van der Waals surface area (Å²) < 4.78 is 25.3. The number of rotatable bonds is 4. The van der Waals surface area contributed by atoms with Crippen LogP contribution in [0.5, 0.6) is 0 Å². The first kappa shape index (κ1) is 21.9. The van der Waals surface area contributed by atoms with Gasteiger partial charge in [0.2, 0.25) is 0 Å². The van der Waals surface area contributed by atoms with Crippen molar-refractivity contribution in [3.8, 4) is 21.1 Å². The Bertz CT molecular complexity index is 1120. The number of aliphatic hydroxyl groups excluding tert-OH is 1. The number of benzene rings is 2. The molecule has 0 bridgehead atoms. The molecule has 2 heterocycles. The number of aromatic nitrogens is 2. The first-order chi connectivity index (χ1) is 14.3. The molecule has 4 nitrogen and oxygen atoms in total. The normalized spacial score (nSPS) is 11.5. The van der Waals surface area contributed by atoms with Crippen LogP contribution in [0.2, 0.25) is 0 Å². The fourth-order valence-electron chi connectivity index (χ4n) is 2.37. The molecule has 2 aromatic carbocycles. The van der Waals surface area contributed by atoms with E-state index >= 15 is 0 Å². The third kappa shape index (κ3) is 5.63. The summed E-state index contributed by atoms with van der Waals surface area (Å²) in [6.45, 7) is 3.20. The highest BCUT2D eigenvalue weighted by Gasteiger charge is 2.09. The molecule has 0 aliphatic heterocycles. The molecule has 0 amide bonds. The van der Waals surface area contributed by atoms with Crippen molar-refractivity contribution in [2.24, 2.45) is 0 Å². The van der Waals surface area contributed by atoms with Gasteiger partial charge >= 0.3 is 0 Å². The average molecular weight is 445 g/mol. The van der Waals surface area contributed by atoms with Crippen LogP contribution in [0.15, 0.2) is 60.9 Å². The van der Waals surface area contributed by atoms with Crippen LogP contribution in [0.3, 0.4) is 0 Å². The molecule has 0 saturated carbocycles. The highest BCUT2D eigenvalue weighted by Crippen LogP contribution is 2.28. The van der Waals surface area contributed by atoms with E-state index in [1.807, 2.05) is 0 Å². The number of Topliss-reactive ketones (excluding diaryl/α,β-unsaturated/α-hetero) is 1. The number of halogens is 2. The Hall–Kier alpha value is -2.81. The number of thiazole rings is 2. The van der Waals surface area contributed by atoms with E-state index in [4.69, 9.17) is 0 Å². The lowest BCUT2D eigenvalue weighted by Gasteiger charge is -1.97. The van der Waals surface area contributed by atoms with Gasteiger partial charge in [-0.15, -0.1) is 22.7 Å². The number of ketones is 1. The molecule has 0 aliphatic rings. The minimum atomic E-state index is -0.503. The van der Waals surface area contributed by atoms with Crippen LogP contribution in [0.1, 0.15) is 34.5 Å². The number of hydrogen-bond donors (Lipinski definition) is 1. The molecule has 2 aromatic heterocycles. The molecule has 0 aliphatic carbocycles. The SMILES string of the molecule is CC(=O)c1cnc(-c2ccc(F)cc2)s1.CC(O)c1cnc(-c2ccc(F)cc2)s1. The molecule has 4 aromatic rings. The number of hydrogen-bond acceptors (Lipinski definition) is 6. The lowest BCUT2D eigenvalue weighted by molar-refractivity contribution is 0.102. The van der Waals surface area contributed by atoms with Gasteiger partial charge in [0, 0.05) is 30.4 Å². The van der Waals surface area contributed by atoms with Gasteiger partial charge in [-0.3, -0.25) is 4.79 Å². The zero-order chi connectivity index (χ0) is 21.7. The van der Waals surface area contributed by atoms with E-state index in [1.165, 1.54) is 53.9 Å². The van der Waals surface area contributed by atoms with Crippen molar-refractivity contribution in [1.82, 2.24) is 9.97 Å². The zero-order valence-corrected chi connectivity index (χ0v) is 17.8. The molecule has 1 atom stereocenters. The molecule has 0 fully saturated rings. The molecule has 0 spiro atoms. The highest BCUT2D eigenvalue weighted by atomic mass is 32.1. The summed E-state index contributed by atoms with van der Waals surface area (Å²) in [4.78, 5) is 20.8. The van der Waals surface area contributed by atoms with Gasteiger partial charge in [-0.25, -0.2) is 18.7 Å². The number of carbonyl (C=O) groups excluding carboxylic acids is 1. The zero-order valence-electron chi connectivity index (χ0n) is 16.2. The van der Waals surface area contributed by atoms with Crippen LogP contribution in [0, 0.1) is 11.6 Å². The van der Waals surface area contributed by atoms with Gasteiger partial charge in [0.1, 0.15) is 21.6 Å². The fraction of sp³-hybridized carbons (Fsp3) is 0.136. The molecule has 4 rings (SSSR count). The molecule has 0 saturated heterocycles. The molecular weight excluding hydrogens is 426 g/mol. The van der Waals surface area contributed by atoms with Crippen LogP contribution >= 0.6 is 22.7 Å². The van der Waals surface area contributed by atoms with Crippen molar-refractivity contribution < 1.29 is 18.7 Å². The van der Waals surface area contributed by atoms with Gasteiger partial charge in [-0.1, -0.05) is 0 Å². The van der Waals surface area contributed by atoms with Crippen LogP contribution in [0.4, 0.5) is 8.78 Å². The Morgan fingerprint density at radius 1 is 0.867 bits per heavy atom. The summed E-state index contributed by atoms with van der Waals surface area (Å²) in [5.41, 5.74) is 1.70. The van der Waals surface area contributed by atoms with Crippen LogP contribution in [0.25, 0.3) is 21.1 Å². The maximum absolute atomic E-state index is 12.7. The molecule has 154 valence electrons. The molecule has 1 N–H and O–H groups in total. The molecule has 8 heteroatoms. The third-order valence-corrected chi connectivity index (χ3v) is 6.33. The van der Waals surface area contributed by atoms with Crippen molar-refractivity contribution in [1.29, 1.82) is 0 Å². The van der Waals surface area contributed by atoms with Crippen molar-refractivity contribution >= 4 is 28.5 Å². The predicted octanol–water partition coefficient (Wildman–Crippen LogP) is 6.15. The number of carbonyl (C=O) groups is 1. The van der Waals surface area contributed by atoms with Gasteiger partial charge in [0.25, 0.3) is 0 Å². The summed E-state index contributed by atoms with van der Waals surface area (Å²) in [5.74, 6) is -0.533. The van der Waals surface area contributed by atoms with E-state index in [0.717, 1.165) is 26.0 Å². The number of nitrogens with zero attached hydrogens (tertiary/aromatic N) is 2. The quantitative estimate of drug-likeness (QED) is 0.383. The van der Waals surface area contributed by atoms with E-state index in [0.29, 0.717) is 4.88 Å². The Labute approximate surface area is 180 Å². The van der Waals surface area contributed by atoms with Gasteiger partial charge < -0.3 is 5.11 Å². The average Bonchev–Trinajstić information content (AvgIpc) is 3.40. The maximum atomic E-state index is 12.7. The van der Waals surface area contributed by atoms with E-state index in [2.05, 4.69) is 9.97 Å². The van der Waals surface area contributed by atoms with E-state index < -0.39 is 6.10 Å². The van der Waals surface area contributed by atoms with E-state index in [9.17, 15) is 18.7 Å². The van der Waals surface area contributed by atoms with Crippen molar-refractivity contribution in [3.05, 3.63) is 82.3 Å². The summed E-state index contributed by atoms with van der Waals surface area (Å²) in [5, 5.41) is 10.9. The van der Waals surface area contributed by atoms with E-state index in [-0.39, 0.29) is 17.4 Å². The maximum Gasteiger partial charge on any atom is 0.171 e. The monoisotopic (exact) mass is 444 g/mol. The smallest absolute Gasteiger partial charge is 0.171 e. The molecule has 0 radical (unpaired) electrons. The Balaban J connectivity index is 0.000000171. The van der Waals surface area contributed by atoms with Crippen molar-refractivity contribution in [2.75, 3.05) is 0 Å². The predicted molar refractivity (Wildman–Crippen MR) is 116 cm³/mol. The summed E-state index contributed by atoms with van der Waals surface area (Å²) in [6, 6.07) is 12.2. The van der Waals surface area contributed by atoms with Crippen LogP contribution in [-0.2, 0) is 0 Å². The number of aliphatic hydroxyl groups is 1. The molecular formula is C22H18F2N2O2S2. The first-order valence-electron chi connectivity index (χ1n) is 8.96. The second kappa shape index (κ2) is 9.80. The fourth-order valence-corrected chi connectivity index (χ4v) is 4.04. The summed E-state index contributed by atoms with van der Waals surface area (Å²) >= 11 is 2.73. The van der Waals surface area contributed by atoms with E-state index in [1.54, 1.807) is 43.6 Å². The first-order valence-corrected chi connectivity index (χ1v) is 10.6. The standard InChI is InChI=1S/C11H10FNOS.C11H8FNOS/c2*1-7(14)10-6-13-11(15-10)8-2-4-9(12)5-3-8/h2-7,14H,1H3;2-6H,1H3. The van der Waals surface area contributed by atoms with Crippen molar-refractivity contribution in [3.63, 3.8) is 0 Å². The Morgan fingerprint density at radius 3 is 1.73 bits per heavy atom. The van der Waals surface area contributed by atoms with Crippen LogP contribution in [-0.4, -0.2) is 20.9 Å². The van der Waals surface area contributed by atoms with Gasteiger partial charge in [-0.2, -0.15) is 0 Å². The highest BCUT2D eigenvalue weighted by molar-refractivity contribution is 7.17. The largest absolute Gasteiger partial charge is 0.388 e. The van der Waals surface area contributed by atoms with Gasteiger partial charge in [-0.05, 0) is 55.5 Å². The lowest BCUT2D eigenvalue weighted by atomic mass is 10.2. The lowest BCUT2D eigenvalue weighted by Crippen LogP contribution is -1.83. The van der Waals surface area contributed by atoms with Gasteiger partial charge in [0.15, 0.2) is 5.78 Å². The second-order valence-corrected chi connectivity index (χ2v) is 8.44. The minimum Gasteiger partial charge on any atom is -0.388 e. The minimum absolute atomic E-state index is 0.000798. The Kier molecular flexibility index (Phi) is 7.15.